The molecule has 1 atom stereocenters. The van der Waals surface area contributed by atoms with Crippen molar-refractivity contribution >= 4 is 23.6 Å². The van der Waals surface area contributed by atoms with Gasteiger partial charge in [0.2, 0.25) is 5.91 Å². The quantitative estimate of drug-likeness (QED) is 0.562. The lowest BCUT2D eigenvalue weighted by Gasteiger charge is -2.34. The molecule has 1 saturated heterocycles. The van der Waals surface area contributed by atoms with Crippen LogP contribution in [0.3, 0.4) is 0 Å². The summed E-state index contributed by atoms with van der Waals surface area (Å²) in [5.41, 5.74) is 0.623. The van der Waals surface area contributed by atoms with Gasteiger partial charge in [0.25, 0.3) is 5.91 Å². The number of thioether (sulfide) groups is 1. The molecule has 1 fully saturated rings. The third kappa shape index (κ3) is 5.58. The lowest BCUT2D eigenvalue weighted by molar-refractivity contribution is -0.126. The summed E-state index contributed by atoms with van der Waals surface area (Å²) >= 11 is 1.64. The molecule has 0 spiro atoms. The Labute approximate surface area is 169 Å². The number of amides is 2. The van der Waals surface area contributed by atoms with Crippen LogP contribution in [0.2, 0.25) is 0 Å². The predicted octanol–water partition coefficient (Wildman–Crippen LogP) is 4.12. The van der Waals surface area contributed by atoms with Gasteiger partial charge in [-0.3, -0.25) is 9.59 Å². The largest absolute Gasteiger partial charge is 0.354 e. The number of rotatable bonds is 7. The van der Waals surface area contributed by atoms with E-state index in [4.69, 9.17) is 0 Å². The Morgan fingerprint density at radius 1 is 1.07 bits per heavy atom. The van der Waals surface area contributed by atoms with Crippen molar-refractivity contribution in [3.05, 3.63) is 66.0 Å². The number of hydrogen-bond acceptors (Lipinski definition) is 3. The first-order chi connectivity index (χ1) is 13.6. The van der Waals surface area contributed by atoms with Gasteiger partial charge in [0.1, 0.15) is 11.9 Å². The van der Waals surface area contributed by atoms with Crippen LogP contribution in [-0.4, -0.2) is 41.6 Å². The van der Waals surface area contributed by atoms with E-state index >= 15 is 0 Å². The minimum absolute atomic E-state index is 0.0734. The van der Waals surface area contributed by atoms with E-state index in [0.29, 0.717) is 25.1 Å². The van der Waals surface area contributed by atoms with Crippen LogP contribution in [0.15, 0.2) is 59.5 Å². The van der Waals surface area contributed by atoms with Crippen molar-refractivity contribution in [3.8, 4) is 0 Å². The van der Waals surface area contributed by atoms with Crippen LogP contribution in [0.4, 0.5) is 4.39 Å². The van der Waals surface area contributed by atoms with E-state index in [1.807, 2.05) is 18.2 Å². The molecule has 148 valence electrons. The molecular formula is C22H25FN2O2S. The number of benzene rings is 2. The zero-order valence-electron chi connectivity index (χ0n) is 15.8. The lowest BCUT2D eigenvalue weighted by atomic mass is 10.00. The summed E-state index contributed by atoms with van der Waals surface area (Å²) in [6.07, 6.45) is 3.40. The minimum atomic E-state index is -0.397. The molecule has 2 amide bonds. The summed E-state index contributed by atoms with van der Waals surface area (Å²) in [7, 11) is 0. The van der Waals surface area contributed by atoms with Crippen molar-refractivity contribution in [3.63, 3.8) is 0 Å². The summed E-state index contributed by atoms with van der Waals surface area (Å²) in [6.45, 7) is 1.18. The smallest absolute Gasteiger partial charge is 0.254 e. The molecule has 3 rings (SSSR count). The maximum absolute atomic E-state index is 12.9. The molecule has 1 N–H and O–H groups in total. The van der Waals surface area contributed by atoms with Crippen molar-refractivity contribution in [2.24, 2.45) is 0 Å². The molecular weight excluding hydrogens is 375 g/mol. The van der Waals surface area contributed by atoms with Gasteiger partial charge in [0.15, 0.2) is 0 Å². The fourth-order valence-corrected chi connectivity index (χ4v) is 4.17. The van der Waals surface area contributed by atoms with Crippen molar-refractivity contribution in [2.75, 3.05) is 18.8 Å². The highest BCUT2D eigenvalue weighted by atomic mass is 32.2. The summed E-state index contributed by atoms with van der Waals surface area (Å²) in [5.74, 6) is 0.449. The van der Waals surface area contributed by atoms with E-state index < -0.39 is 6.04 Å². The number of halogens is 1. The molecule has 1 heterocycles. The standard InChI is InChI=1S/C22H25FN2O2S/c23-18-10-12-19(13-11-18)28-16-6-14-24-21(26)20-9-4-5-15-25(20)22(27)17-7-2-1-3-8-17/h1-3,7-8,10-13,20H,4-6,9,14-16H2,(H,24,26)/t20-/m1/s1. The number of carbonyl (C=O) groups excluding carboxylic acids is 2. The van der Waals surface area contributed by atoms with E-state index in [0.717, 1.165) is 29.9 Å². The van der Waals surface area contributed by atoms with E-state index in [2.05, 4.69) is 5.32 Å². The topological polar surface area (TPSA) is 49.4 Å². The second-order valence-electron chi connectivity index (χ2n) is 6.82. The zero-order valence-corrected chi connectivity index (χ0v) is 16.6. The molecule has 0 saturated carbocycles. The highest BCUT2D eigenvalue weighted by Crippen LogP contribution is 2.21. The van der Waals surface area contributed by atoms with Crippen LogP contribution < -0.4 is 5.32 Å². The fraction of sp³-hybridized carbons (Fsp3) is 0.364. The SMILES string of the molecule is O=C(NCCCSc1ccc(F)cc1)[C@H]1CCCCN1C(=O)c1ccccc1. The Kier molecular flexibility index (Phi) is 7.48. The molecule has 4 nitrogen and oxygen atoms in total. The van der Waals surface area contributed by atoms with Gasteiger partial charge in [-0.2, -0.15) is 0 Å². The average molecular weight is 401 g/mol. The predicted molar refractivity (Wildman–Crippen MR) is 110 cm³/mol. The average Bonchev–Trinajstić information content (AvgIpc) is 2.75. The molecule has 0 bridgehead atoms. The summed E-state index contributed by atoms with van der Waals surface area (Å²) < 4.78 is 12.9. The first-order valence-electron chi connectivity index (χ1n) is 9.67. The second kappa shape index (κ2) is 10.3. The Balaban J connectivity index is 1.46. The maximum Gasteiger partial charge on any atom is 0.254 e. The number of carbonyl (C=O) groups is 2. The van der Waals surface area contributed by atoms with Gasteiger partial charge in [0.05, 0.1) is 0 Å². The van der Waals surface area contributed by atoms with Crippen molar-refractivity contribution in [1.29, 1.82) is 0 Å². The summed E-state index contributed by atoms with van der Waals surface area (Å²) in [4.78, 5) is 28.2. The fourth-order valence-electron chi connectivity index (χ4n) is 3.32. The number of likely N-dealkylation sites (tertiary alicyclic amines) is 1. The third-order valence-corrected chi connectivity index (χ3v) is 5.89. The highest BCUT2D eigenvalue weighted by molar-refractivity contribution is 7.99. The van der Waals surface area contributed by atoms with Crippen LogP contribution in [0.5, 0.6) is 0 Å². The van der Waals surface area contributed by atoms with Crippen LogP contribution in [0.1, 0.15) is 36.0 Å². The zero-order chi connectivity index (χ0) is 19.8. The number of nitrogens with zero attached hydrogens (tertiary/aromatic N) is 1. The Hall–Kier alpha value is -2.34. The molecule has 0 radical (unpaired) electrons. The van der Waals surface area contributed by atoms with Gasteiger partial charge in [0, 0.05) is 23.5 Å². The summed E-state index contributed by atoms with van der Waals surface area (Å²) in [6, 6.07) is 15.2. The Morgan fingerprint density at radius 2 is 1.82 bits per heavy atom. The van der Waals surface area contributed by atoms with Crippen molar-refractivity contribution < 1.29 is 14.0 Å². The van der Waals surface area contributed by atoms with Crippen molar-refractivity contribution in [2.45, 2.75) is 36.6 Å². The van der Waals surface area contributed by atoms with E-state index in [1.165, 1.54) is 12.1 Å². The Morgan fingerprint density at radius 3 is 2.57 bits per heavy atom. The van der Waals surface area contributed by atoms with Crippen LogP contribution in [0, 0.1) is 5.82 Å². The van der Waals surface area contributed by atoms with Crippen LogP contribution in [0.25, 0.3) is 0 Å². The molecule has 0 aliphatic carbocycles. The van der Waals surface area contributed by atoms with Gasteiger partial charge in [-0.1, -0.05) is 18.2 Å². The molecule has 0 unspecified atom stereocenters. The van der Waals surface area contributed by atoms with Gasteiger partial charge in [-0.25, -0.2) is 4.39 Å². The van der Waals surface area contributed by atoms with E-state index in [-0.39, 0.29) is 17.6 Å². The normalized spacial score (nSPS) is 16.6. The summed E-state index contributed by atoms with van der Waals surface area (Å²) in [5, 5.41) is 2.98. The van der Waals surface area contributed by atoms with Gasteiger partial charge < -0.3 is 10.2 Å². The molecule has 2 aromatic carbocycles. The second-order valence-corrected chi connectivity index (χ2v) is 7.99. The molecule has 0 aromatic heterocycles. The molecule has 6 heteroatoms. The number of nitrogens with one attached hydrogen (secondary N) is 1. The van der Waals surface area contributed by atoms with E-state index in [1.54, 1.807) is 40.9 Å². The maximum atomic E-state index is 12.9. The molecule has 2 aromatic rings. The lowest BCUT2D eigenvalue weighted by Crippen LogP contribution is -2.52. The minimum Gasteiger partial charge on any atom is -0.354 e. The van der Waals surface area contributed by atoms with Gasteiger partial charge in [-0.15, -0.1) is 11.8 Å². The van der Waals surface area contributed by atoms with Gasteiger partial charge >= 0.3 is 0 Å². The van der Waals surface area contributed by atoms with Crippen LogP contribution in [-0.2, 0) is 4.79 Å². The Bertz CT molecular complexity index is 783. The van der Waals surface area contributed by atoms with Crippen molar-refractivity contribution in [1.82, 2.24) is 10.2 Å². The highest BCUT2D eigenvalue weighted by Gasteiger charge is 2.32. The first-order valence-corrected chi connectivity index (χ1v) is 10.7. The number of piperidine rings is 1. The third-order valence-electron chi connectivity index (χ3n) is 4.79. The first kappa shape index (κ1) is 20.4. The number of hydrogen-bond donors (Lipinski definition) is 1. The van der Waals surface area contributed by atoms with E-state index in [9.17, 15) is 14.0 Å². The monoisotopic (exact) mass is 400 g/mol. The van der Waals surface area contributed by atoms with Crippen LogP contribution >= 0.6 is 11.8 Å². The molecule has 28 heavy (non-hydrogen) atoms. The molecule has 1 aliphatic rings. The van der Waals surface area contributed by atoms with Gasteiger partial charge in [-0.05, 0) is 67.8 Å². The molecule has 1 aliphatic heterocycles.